The highest BCUT2D eigenvalue weighted by molar-refractivity contribution is 7.20. The van der Waals surface area contributed by atoms with E-state index in [-0.39, 0.29) is 12.0 Å². The first kappa shape index (κ1) is 22.8. The average Bonchev–Trinajstić information content (AvgIpc) is 3.23. The van der Waals surface area contributed by atoms with Crippen molar-refractivity contribution in [3.63, 3.8) is 0 Å². The lowest BCUT2D eigenvalue weighted by Crippen LogP contribution is -2.38. The smallest absolute Gasteiger partial charge is 0.261 e. The summed E-state index contributed by atoms with van der Waals surface area (Å²) >= 11 is 1.40. The molecule has 1 atom stereocenters. The number of nitrogens with zero attached hydrogens (tertiary/aromatic N) is 3. The maximum absolute atomic E-state index is 12.9. The number of carbonyl (C=O) groups is 1. The van der Waals surface area contributed by atoms with Gasteiger partial charge in [-0.05, 0) is 37.6 Å². The maximum Gasteiger partial charge on any atom is 0.261 e. The predicted molar refractivity (Wildman–Crippen MR) is 131 cm³/mol. The maximum atomic E-state index is 12.9. The number of fused-ring (bicyclic) bond motifs is 2. The van der Waals surface area contributed by atoms with Crippen molar-refractivity contribution in [3.8, 4) is 11.5 Å². The number of anilines is 1. The van der Waals surface area contributed by atoms with Crippen molar-refractivity contribution in [2.24, 2.45) is 0 Å². The van der Waals surface area contributed by atoms with Gasteiger partial charge >= 0.3 is 0 Å². The summed E-state index contributed by atoms with van der Waals surface area (Å²) < 4.78 is 17.2. The van der Waals surface area contributed by atoms with E-state index in [9.17, 15) is 4.79 Å². The van der Waals surface area contributed by atoms with E-state index >= 15 is 0 Å². The van der Waals surface area contributed by atoms with Gasteiger partial charge in [-0.25, -0.2) is 9.97 Å². The second-order valence-corrected chi connectivity index (χ2v) is 9.40. The number of nitrogens with one attached hydrogen (secondary N) is 2. The first-order chi connectivity index (χ1) is 16.7. The molecule has 1 saturated heterocycles. The third-order valence-corrected chi connectivity index (χ3v) is 7.24. The Bertz CT molecular complexity index is 1150. The van der Waals surface area contributed by atoms with E-state index in [1.807, 2.05) is 31.2 Å². The van der Waals surface area contributed by atoms with E-state index in [0.29, 0.717) is 30.4 Å². The van der Waals surface area contributed by atoms with Crippen LogP contribution in [-0.2, 0) is 4.74 Å². The van der Waals surface area contributed by atoms with Crippen LogP contribution in [0.1, 0.15) is 21.7 Å². The molecule has 180 valence electrons. The number of hydrogen-bond donors (Lipinski definition) is 2. The molecule has 1 amide bonds. The number of morpholine rings is 1. The molecule has 2 aromatic heterocycles. The Kier molecular flexibility index (Phi) is 7.08. The minimum Gasteiger partial charge on any atom is -0.486 e. The molecule has 0 spiro atoms. The Morgan fingerprint density at radius 3 is 2.88 bits per heavy atom. The number of ether oxygens (including phenoxy) is 3. The number of amides is 1. The molecule has 3 aromatic rings. The standard InChI is InChI=1S/C24H29N5O4S/c1-16-20-22(26-13-17-14-32-18-5-2-3-6-19(18)33-17)27-15-28-24(20)34-21(16)23(30)25-7-4-8-29-9-11-31-12-10-29/h2-3,5-6,15,17H,4,7-14H2,1H3,(H,25,30)(H,26,27,28). The third-order valence-electron chi connectivity index (χ3n) is 6.04. The Balaban J connectivity index is 1.20. The molecule has 2 aliphatic rings. The van der Waals surface area contributed by atoms with Crippen LogP contribution in [0.5, 0.6) is 11.5 Å². The summed E-state index contributed by atoms with van der Waals surface area (Å²) in [5.74, 6) is 2.15. The highest BCUT2D eigenvalue weighted by Gasteiger charge is 2.23. The van der Waals surface area contributed by atoms with E-state index in [0.717, 1.165) is 66.5 Å². The molecule has 2 aliphatic heterocycles. The van der Waals surface area contributed by atoms with Gasteiger partial charge in [0.15, 0.2) is 11.5 Å². The highest BCUT2D eigenvalue weighted by Crippen LogP contribution is 2.34. The summed E-state index contributed by atoms with van der Waals surface area (Å²) in [4.78, 5) is 25.6. The second-order valence-electron chi connectivity index (χ2n) is 8.40. The van der Waals surface area contributed by atoms with Gasteiger partial charge in [0.2, 0.25) is 0 Å². The number of hydrogen-bond acceptors (Lipinski definition) is 9. The molecule has 0 bridgehead atoms. The zero-order valence-electron chi connectivity index (χ0n) is 19.2. The fourth-order valence-electron chi connectivity index (χ4n) is 4.21. The Labute approximate surface area is 202 Å². The van der Waals surface area contributed by atoms with Crippen molar-refractivity contribution in [3.05, 3.63) is 41.0 Å². The van der Waals surface area contributed by atoms with Crippen molar-refractivity contribution < 1.29 is 19.0 Å². The first-order valence-electron chi connectivity index (χ1n) is 11.6. The monoisotopic (exact) mass is 483 g/mol. The third kappa shape index (κ3) is 5.08. The number of aryl methyl sites for hydroxylation is 1. The molecule has 1 fully saturated rings. The van der Waals surface area contributed by atoms with Gasteiger partial charge in [0.05, 0.1) is 30.0 Å². The molecule has 1 unspecified atom stereocenters. The molecule has 5 rings (SSSR count). The zero-order chi connectivity index (χ0) is 23.3. The van der Waals surface area contributed by atoms with Crippen molar-refractivity contribution in [1.82, 2.24) is 20.2 Å². The van der Waals surface area contributed by atoms with Crippen molar-refractivity contribution >= 4 is 33.3 Å². The van der Waals surface area contributed by atoms with Crippen LogP contribution in [0.4, 0.5) is 5.82 Å². The van der Waals surface area contributed by atoms with Crippen LogP contribution in [0.3, 0.4) is 0 Å². The molecule has 1 aromatic carbocycles. The molecule has 10 heteroatoms. The van der Waals surface area contributed by atoms with Crippen LogP contribution in [0.15, 0.2) is 30.6 Å². The van der Waals surface area contributed by atoms with Gasteiger partial charge < -0.3 is 24.8 Å². The Hall–Kier alpha value is -2.95. The van der Waals surface area contributed by atoms with Gasteiger partial charge in [-0.3, -0.25) is 9.69 Å². The number of para-hydroxylation sites is 2. The van der Waals surface area contributed by atoms with Crippen molar-refractivity contribution in [1.29, 1.82) is 0 Å². The lowest BCUT2D eigenvalue weighted by Gasteiger charge is -2.26. The van der Waals surface area contributed by atoms with E-state index in [1.54, 1.807) is 0 Å². The SMILES string of the molecule is Cc1c(C(=O)NCCCN2CCOCC2)sc2ncnc(NCC3COc4ccccc4O3)c12. The minimum absolute atomic E-state index is 0.0611. The van der Waals surface area contributed by atoms with E-state index in [1.165, 1.54) is 17.7 Å². The highest BCUT2D eigenvalue weighted by atomic mass is 32.1. The summed E-state index contributed by atoms with van der Waals surface area (Å²) in [6.07, 6.45) is 2.29. The van der Waals surface area contributed by atoms with Crippen LogP contribution in [0, 0.1) is 6.92 Å². The van der Waals surface area contributed by atoms with E-state index in [2.05, 4.69) is 25.5 Å². The fraction of sp³-hybridized carbons (Fsp3) is 0.458. The van der Waals surface area contributed by atoms with Crippen LogP contribution < -0.4 is 20.1 Å². The van der Waals surface area contributed by atoms with Crippen LogP contribution >= 0.6 is 11.3 Å². The summed E-state index contributed by atoms with van der Waals surface area (Å²) in [5, 5.41) is 7.31. The normalized spacial score (nSPS) is 18.1. The Morgan fingerprint density at radius 1 is 1.21 bits per heavy atom. The predicted octanol–water partition coefficient (Wildman–Crippen LogP) is 2.70. The van der Waals surface area contributed by atoms with Gasteiger partial charge in [0.1, 0.15) is 29.7 Å². The number of thiophene rings is 1. The quantitative estimate of drug-likeness (QED) is 0.472. The lowest BCUT2D eigenvalue weighted by molar-refractivity contribution is 0.0374. The summed E-state index contributed by atoms with van der Waals surface area (Å²) in [6, 6.07) is 7.65. The van der Waals surface area contributed by atoms with E-state index < -0.39 is 0 Å². The van der Waals surface area contributed by atoms with Crippen LogP contribution in [-0.4, -0.2) is 79.4 Å². The van der Waals surface area contributed by atoms with E-state index in [4.69, 9.17) is 14.2 Å². The van der Waals surface area contributed by atoms with Gasteiger partial charge in [-0.15, -0.1) is 11.3 Å². The molecule has 34 heavy (non-hydrogen) atoms. The molecule has 9 nitrogen and oxygen atoms in total. The number of rotatable bonds is 8. The molecule has 4 heterocycles. The fourth-order valence-corrected chi connectivity index (χ4v) is 5.27. The molecular weight excluding hydrogens is 454 g/mol. The van der Waals surface area contributed by atoms with Crippen molar-refractivity contribution in [2.75, 3.05) is 57.9 Å². The number of benzene rings is 1. The topological polar surface area (TPSA) is 97.8 Å². The van der Waals surface area contributed by atoms with Crippen LogP contribution in [0.2, 0.25) is 0 Å². The summed E-state index contributed by atoms with van der Waals surface area (Å²) in [5.41, 5.74) is 0.889. The molecule has 2 N–H and O–H groups in total. The van der Waals surface area contributed by atoms with Gasteiger partial charge in [0, 0.05) is 19.6 Å². The minimum atomic E-state index is -0.145. The van der Waals surface area contributed by atoms with Gasteiger partial charge in [-0.1, -0.05) is 12.1 Å². The largest absolute Gasteiger partial charge is 0.486 e. The first-order valence-corrected chi connectivity index (χ1v) is 12.5. The number of carbonyl (C=O) groups excluding carboxylic acids is 1. The molecular formula is C24H29N5O4S. The second kappa shape index (κ2) is 10.5. The lowest BCUT2D eigenvalue weighted by atomic mass is 10.2. The molecule has 0 radical (unpaired) electrons. The van der Waals surface area contributed by atoms with Crippen LogP contribution in [0.25, 0.3) is 10.2 Å². The summed E-state index contributed by atoms with van der Waals surface area (Å²) in [6.45, 7) is 8.04. The Morgan fingerprint density at radius 2 is 2.03 bits per heavy atom. The zero-order valence-corrected chi connectivity index (χ0v) is 20.0. The summed E-state index contributed by atoms with van der Waals surface area (Å²) in [7, 11) is 0. The number of aromatic nitrogens is 2. The van der Waals surface area contributed by atoms with Gasteiger partial charge in [0.25, 0.3) is 5.91 Å². The van der Waals surface area contributed by atoms with Gasteiger partial charge in [-0.2, -0.15) is 0 Å². The van der Waals surface area contributed by atoms with Crippen molar-refractivity contribution in [2.45, 2.75) is 19.4 Å². The average molecular weight is 484 g/mol. The molecule has 0 saturated carbocycles. The molecule has 0 aliphatic carbocycles.